The minimum atomic E-state index is 0.0775. The van der Waals surface area contributed by atoms with Crippen LogP contribution in [0.15, 0.2) is 5.16 Å². The van der Waals surface area contributed by atoms with E-state index in [0.29, 0.717) is 17.7 Å². The first-order valence-electron chi connectivity index (χ1n) is 6.89. The fourth-order valence-electron chi connectivity index (χ4n) is 1.88. The third-order valence-electron chi connectivity index (χ3n) is 3.12. The second-order valence-corrected chi connectivity index (χ2v) is 6.39. The molecule has 1 aliphatic carbocycles. The SMILES string of the molecule is Cc1nnc(SCC(=O)NCCC(C)C)n1C1CC1. The second-order valence-electron chi connectivity index (χ2n) is 5.45. The van der Waals surface area contributed by atoms with Gasteiger partial charge < -0.3 is 9.88 Å². The molecule has 0 unspecified atom stereocenters. The van der Waals surface area contributed by atoms with Crippen LogP contribution in [0.3, 0.4) is 0 Å². The number of rotatable bonds is 7. The normalized spacial score (nSPS) is 14.9. The van der Waals surface area contributed by atoms with Crippen molar-refractivity contribution in [1.29, 1.82) is 0 Å². The first-order valence-corrected chi connectivity index (χ1v) is 7.87. The number of nitrogens with one attached hydrogen (secondary N) is 1. The highest BCUT2D eigenvalue weighted by molar-refractivity contribution is 7.99. The quantitative estimate of drug-likeness (QED) is 0.779. The molecule has 106 valence electrons. The van der Waals surface area contributed by atoms with E-state index in [1.807, 2.05) is 6.92 Å². The lowest BCUT2D eigenvalue weighted by atomic mass is 10.1. The Morgan fingerprint density at radius 3 is 2.84 bits per heavy atom. The molecular formula is C13H22N4OS. The van der Waals surface area contributed by atoms with E-state index in [2.05, 4.69) is 33.9 Å². The van der Waals surface area contributed by atoms with Crippen LogP contribution in [0.2, 0.25) is 0 Å². The van der Waals surface area contributed by atoms with Gasteiger partial charge in [0.15, 0.2) is 5.16 Å². The van der Waals surface area contributed by atoms with E-state index in [1.54, 1.807) is 0 Å². The van der Waals surface area contributed by atoms with Gasteiger partial charge in [-0.3, -0.25) is 4.79 Å². The Labute approximate surface area is 118 Å². The molecule has 0 atom stereocenters. The van der Waals surface area contributed by atoms with Crippen LogP contribution in [0.25, 0.3) is 0 Å². The zero-order chi connectivity index (χ0) is 13.8. The molecule has 1 N–H and O–H groups in total. The number of carbonyl (C=O) groups is 1. The van der Waals surface area contributed by atoms with Crippen molar-refractivity contribution in [1.82, 2.24) is 20.1 Å². The van der Waals surface area contributed by atoms with Crippen LogP contribution >= 0.6 is 11.8 Å². The molecule has 0 aromatic carbocycles. The van der Waals surface area contributed by atoms with Crippen molar-refractivity contribution in [3.63, 3.8) is 0 Å². The van der Waals surface area contributed by atoms with Gasteiger partial charge in [0, 0.05) is 12.6 Å². The maximum Gasteiger partial charge on any atom is 0.230 e. The van der Waals surface area contributed by atoms with Crippen LogP contribution in [0, 0.1) is 12.8 Å². The number of hydrogen-bond donors (Lipinski definition) is 1. The summed E-state index contributed by atoms with van der Waals surface area (Å²) in [6.07, 6.45) is 3.42. The van der Waals surface area contributed by atoms with E-state index in [9.17, 15) is 4.79 Å². The predicted molar refractivity (Wildman–Crippen MR) is 76.2 cm³/mol. The molecule has 5 nitrogen and oxygen atoms in total. The average Bonchev–Trinajstić information content (AvgIpc) is 3.11. The Balaban J connectivity index is 1.77. The predicted octanol–water partition coefficient (Wildman–Crippen LogP) is 2.18. The van der Waals surface area contributed by atoms with Gasteiger partial charge in [0.2, 0.25) is 5.91 Å². The molecule has 0 saturated heterocycles. The van der Waals surface area contributed by atoms with Gasteiger partial charge in [-0.15, -0.1) is 10.2 Å². The largest absolute Gasteiger partial charge is 0.355 e. The molecule has 0 aliphatic heterocycles. The highest BCUT2D eigenvalue weighted by Gasteiger charge is 2.28. The molecule has 6 heteroatoms. The number of thioether (sulfide) groups is 1. The minimum Gasteiger partial charge on any atom is -0.355 e. The lowest BCUT2D eigenvalue weighted by molar-refractivity contribution is -0.118. The first kappa shape index (κ1) is 14.4. The van der Waals surface area contributed by atoms with Crippen LogP contribution in [-0.4, -0.2) is 33.0 Å². The van der Waals surface area contributed by atoms with Crippen molar-refractivity contribution in [2.75, 3.05) is 12.3 Å². The molecule has 1 saturated carbocycles. The second kappa shape index (κ2) is 6.41. The molecule has 0 radical (unpaired) electrons. The summed E-state index contributed by atoms with van der Waals surface area (Å²) in [6, 6.07) is 0.557. The fraction of sp³-hybridized carbons (Fsp3) is 0.769. The van der Waals surface area contributed by atoms with Crippen LogP contribution in [0.1, 0.15) is 45.0 Å². The van der Waals surface area contributed by atoms with Gasteiger partial charge >= 0.3 is 0 Å². The summed E-state index contributed by atoms with van der Waals surface area (Å²) in [7, 11) is 0. The standard InChI is InChI=1S/C13H22N4OS/c1-9(2)6-7-14-12(18)8-19-13-16-15-10(3)17(13)11-4-5-11/h9,11H,4-8H2,1-3H3,(H,14,18). The van der Waals surface area contributed by atoms with Gasteiger partial charge in [0.05, 0.1) is 5.75 Å². The highest BCUT2D eigenvalue weighted by atomic mass is 32.2. The fourth-order valence-corrected chi connectivity index (χ4v) is 2.76. The monoisotopic (exact) mass is 282 g/mol. The summed E-state index contributed by atoms with van der Waals surface area (Å²) >= 11 is 1.48. The molecule has 0 bridgehead atoms. The summed E-state index contributed by atoms with van der Waals surface area (Å²) < 4.78 is 2.16. The lowest BCUT2D eigenvalue weighted by Gasteiger charge is -2.08. The zero-order valence-electron chi connectivity index (χ0n) is 11.8. The molecule has 2 rings (SSSR count). The summed E-state index contributed by atoms with van der Waals surface area (Å²) in [5.41, 5.74) is 0. The van der Waals surface area contributed by atoms with Crippen LogP contribution in [0.4, 0.5) is 0 Å². The molecule has 1 heterocycles. The maximum absolute atomic E-state index is 11.7. The van der Waals surface area contributed by atoms with Crippen molar-refractivity contribution < 1.29 is 4.79 Å². The number of nitrogens with zero attached hydrogens (tertiary/aromatic N) is 3. The van der Waals surface area contributed by atoms with Gasteiger partial charge in [-0.25, -0.2) is 0 Å². The Morgan fingerprint density at radius 1 is 1.47 bits per heavy atom. The number of aromatic nitrogens is 3. The third kappa shape index (κ3) is 4.23. The van der Waals surface area contributed by atoms with Gasteiger partial charge in [-0.1, -0.05) is 25.6 Å². The van der Waals surface area contributed by atoms with Gasteiger partial charge in [-0.2, -0.15) is 0 Å². The molecule has 1 aromatic rings. The maximum atomic E-state index is 11.7. The summed E-state index contributed by atoms with van der Waals surface area (Å²) in [6.45, 7) is 7.03. The van der Waals surface area contributed by atoms with Crippen molar-refractivity contribution >= 4 is 17.7 Å². The molecule has 0 spiro atoms. The van der Waals surface area contributed by atoms with Crippen LogP contribution in [-0.2, 0) is 4.79 Å². The van der Waals surface area contributed by atoms with Gasteiger partial charge in [0.1, 0.15) is 5.82 Å². The highest BCUT2D eigenvalue weighted by Crippen LogP contribution is 2.38. The summed E-state index contributed by atoms with van der Waals surface area (Å²) in [4.78, 5) is 11.7. The zero-order valence-corrected chi connectivity index (χ0v) is 12.7. The minimum absolute atomic E-state index is 0.0775. The van der Waals surface area contributed by atoms with Crippen molar-refractivity contribution in [2.45, 2.75) is 51.2 Å². The van der Waals surface area contributed by atoms with Crippen LogP contribution < -0.4 is 5.32 Å². The Hall–Kier alpha value is -1.04. The number of amides is 1. The topological polar surface area (TPSA) is 59.8 Å². The Kier molecular flexibility index (Phi) is 4.85. The average molecular weight is 282 g/mol. The smallest absolute Gasteiger partial charge is 0.230 e. The molecule has 19 heavy (non-hydrogen) atoms. The van der Waals surface area contributed by atoms with Crippen molar-refractivity contribution in [2.24, 2.45) is 5.92 Å². The number of carbonyl (C=O) groups excluding carboxylic acids is 1. The first-order chi connectivity index (χ1) is 9.08. The third-order valence-corrected chi connectivity index (χ3v) is 4.07. The van der Waals surface area contributed by atoms with E-state index < -0.39 is 0 Å². The van der Waals surface area contributed by atoms with Gasteiger partial charge in [-0.05, 0) is 32.1 Å². The van der Waals surface area contributed by atoms with E-state index in [0.717, 1.165) is 23.9 Å². The molecule has 1 aliphatic rings. The molecule has 1 amide bonds. The van der Waals surface area contributed by atoms with E-state index >= 15 is 0 Å². The molecular weight excluding hydrogens is 260 g/mol. The van der Waals surface area contributed by atoms with Crippen molar-refractivity contribution in [3.05, 3.63) is 5.82 Å². The van der Waals surface area contributed by atoms with E-state index in [-0.39, 0.29) is 5.91 Å². The van der Waals surface area contributed by atoms with Crippen LogP contribution in [0.5, 0.6) is 0 Å². The summed E-state index contributed by atoms with van der Waals surface area (Å²) in [5.74, 6) is 2.07. The van der Waals surface area contributed by atoms with Crippen molar-refractivity contribution in [3.8, 4) is 0 Å². The number of hydrogen-bond acceptors (Lipinski definition) is 4. The Bertz CT molecular complexity index is 440. The summed E-state index contributed by atoms with van der Waals surface area (Å²) in [5, 5.41) is 12.1. The molecule has 1 fully saturated rings. The van der Waals surface area contributed by atoms with E-state index in [1.165, 1.54) is 24.6 Å². The lowest BCUT2D eigenvalue weighted by Crippen LogP contribution is -2.27. The van der Waals surface area contributed by atoms with Gasteiger partial charge in [0.25, 0.3) is 0 Å². The number of aryl methyl sites for hydroxylation is 1. The molecule has 1 aromatic heterocycles. The van der Waals surface area contributed by atoms with E-state index in [4.69, 9.17) is 0 Å². The Morgan fingerprint density at radius 2 is 2.21 bits per heavy atom.